The van der Waals surface area contributed by atoms with E-state index in [-0.39, 0.29) is 0 Å². The van der Waals surface area contributed by atoms with Crippen molar-refractivity contribution in [1.82, 2.24) is 0 Å². The van der Waals surface area contributed by atoms with Gasteiger partial charge in [0, 0.05) is 0 Å². The first-order valence-corrected chi connectivity index (χ1v) is 5.87. The van der Waals surface area contributed by atoms with Crippen LogP contribution in [-0.2, 0) is 6.59 Å². The van der Waals surface area contributed by atoms with Crippen LogP contribution in [0.3, 0.4) is 0 Å². The molecule has 0 aliphatic carbocycles. The summed E-state index contributed by atoms with van der Waals surface area (Å²) in [6.07, 6.45) is 0. The second-order valence-electron chi connectivity index (χ2n) is 0.620. The molecule has 0 amide bonds. The molecule has 0 spiro atoms. The topological polar surface area (TPSA) is 46.5 Å². The van der Waals surface area contributed by atoms with Crippen molar-refractivity contribution in [3.05, 3.63) is 0 Å². The Morgan fingerprint density at radius 2 is 2.29 bits per heavy atom. The molecule has 1 unspecified atom stereocenters. The van der Waals surface area contributed by atoms with Crippen LogP contribution in [0.1, 0.15) is 0 Å². The molecule has 1 atom stereocenters. The molecule has 0 aromatic rings. The van der Waals surface area contributed by atoms with Gasteiger partial charge in [-0.15, -0.1) is 0 Å². The van der Waals surface area contributed by atoms with Crippen LogP contribution in [0.15, 0.2) is 0 Å². The fourth-order valence-corrected chi connectivity index (χ4v) is 1.19. The molecular weight excluding hydrogens is 355 g/mol. The average Bonchev–Trinajstić information content (AvgIpc) is 1.30. The SMILES string of the molecule is O=P(O)(F)[O][U][F]. The molecular formula is HF2O3PU. The molecule has 3 nitrogen and oxygen atoms in total. The van der Waals surface area contributed by atoms with Crippen LogP contribution in [0, 0.1) is 28.9 Å². The van der Waals surface area contributed by atoms with Crippen molar-refractivity contribution in [2.45, 2.75) is 0 Å². The van der Waals surface area contributed by atoms with Crippen molar-refractivity contribution in [3.63, 3.8) is 0 Å². The third-order valence-corrected chi connectivity index (χ3v) is 4.12. The van der Waals surface area contributed by atoms with E-state index < -0.39 is 36.8 Å². The first-order valence-electron chi connectivity index (χ1n) is 1.13. The van der Waals surface area contributed by atoms with Crippen LogP contribution in [0.4, 0.5) is 6.30 Å². The van der Waals surface area contributed by atoms with Gasteiger partial charge in [-0.2, -0.15) is 0 Å². The van der Waals surface area contributed by atoms with Crippen molar-refractivity contribution in [3.8, 4) is 0 Å². The van der Waals surface area contributed by atoms with Gasteiger partial charge in [0.25, 0.3) is 0 Å². The molecule has 0 aromatic heterocycles. The summed E-state index contributed by atoms with van der Waals surface area (Å²) in [5, 5.41) is 0. The molecule has 0 saturated heterocycles. The van der Waals surface area contributed by atoms with Crippen molar-refractivity contribution in [2.24, 2.45) is 0 Å². The van der Waals surface area contributed by atoms with Gasteiger partial charge in [0.2, 0.25) is 0 Å². The molecule has 42 valence electrons. The first kappa shape index (κ1) is 8.06. The standard InChI is InChI=1S/FH2O3P.FH.U/c1-5(2,3)4;;/h(H2,2,3,4);1H;/q;;+2/p-2. The average molecular weight is 356 g/mol. The van der Waals surface area contributed by atoms with E-state index in [9.17, 15) is 10.9 Å². The molecule has 0 rings (SSSR count). The molecule has 0 aliphatic heterocycles. The van der Waals surface area contributed by atoms with Crippen molar-refractivity contribution in [1.29, 1.82) is 0 Å². The summed E-state index contributed by atoms with van der Waals surface area (Å²) < 4.78 is 34.5. The summed E-state index contributed by atoms with van der Waals surface area (Å²) in [5.41, 5.74) is 0. The van der Waals surface area contributed by atoms with Gasteiger partial charge in [-0.05, 0) is 0 Å². The van der Waals surface area contributed by atoms with E-state index in [1.54, 1.807) is 0 Å². The Bertz CT molecular complexity index is 86.9. The zero-order chi connectivity index (χ0) is 5.91. The summed E-state index contributed by atoms with van der Waals surface area (Å²) in [6.45, 7) is 0. The van der Waals surface area contributed by atoms with Gasteiger partial charge >= 0.3 is 54.6 Å². The van der Waals surface area contributed by atoms with Crippen LogP contribution in [-0.4, -0.2) is 4.89 Å². The molecule has 0 aromatic carbocycles. The second-order valence-corrected chi connectivity index (χ2v) is 4.63. The van der Waals surface area contributed by atoms with Gasteiger partial charge in [0.05, 0.1) is 0 Å². The Morgan fingerprint density at radius 1 is 1.86 bits per heavy atom. The number of halogens is 2. The molecule has 0 radical (unpaired) electrons. The quantitative estimate of drug-likeness (QED) is 0.750. The predicted molar refractivity (Wildman–Crippen MR) is 13.1 cm³/mol. The zero-order valence-electron chi connectivity index (χ0n) is 2.97. The molecule has 0 fully saturated rings. The fraction of sp³-hybridized carbons (Fsp3) is 0. The number of hydrogen-bond donors (Lipinski definition) is 1. The molecule has 0 saturated carbocycles. The zero-order valence-corrected chi connectivity index (χ0v) is 8.02. The summed E-state index contributed by atoms with van der Waals surface area (Å²) in [7, 11) is -4.95. The first-order chi connectivity index (χ1) is 3.06. The van der Waals surface area contributed by atoms with E-state index in [1.165, 1.54) is 0 Å². The van der Waals surface area contributed by atoms with Crippen LogP contribution >= 0.6 is 7.91 Å². The monoisotopic (exact) mass is 356 g/mol. The molecule has 0 heterocycles. The van der Waals surface area contributed by atoms with E-state index in [0.717, 1.165) is 0 Å². The van der Waals surface area contributed by atoms with Gasteiger partial charge in [-0.25, -0.2) is 0 Å². The Kier molecular flexibility index (Phi) is 3.64. The van der Waals surface area contributed by atoms with Crippen molar-refractivity contribution >= 4 is 7.91 Å². The van der Waals surface area contributed by atoms with E-state index >= 15 is 0 Å². The Labute approximate surface area is 54.6 Å². The number of hydrogen-bond acceptors (Lipinski definition) is 2. The molecule has 0 aliphatic rings. The Morgan fingerprint density at radius 3 is 2.29 bits per heavy atom. The summed E-state index contributed by atoms with van der Waals surface area (Å²) in [5.74, 6) is 0. The molecule has 1 N–H and O–H groups in total. The van der Waals surface area contributed by atoms with Crippen LogP contribution < -0.4 is 0 Å². The minimum atomic E-state index is -4.95. The van der Waals surface area contributed by atoms with Crippen LogP contribution in [0.25, 0.3) is 0 Å². The third kappa shape index (κ3) is 7.06. The predicted octanol–water partition coefficient (Wildman–Crippen LogP) is 0.957. The molecule has 7 heteroatoms. The van der Waals surface area contributed by atoms with Crippen molar-refractivity contribution < 1.29 is 46.7 Å². The van der Waals surface area contributed by atoms with Gasteiger partial charge in [0.15, 0.2) is 0 Å². The van der Waals surface area contributed by atoms with Crippen LogP contribution in [0.5, 0.6) is 0 Å². The Balaban J connectivity index is 3.36. The molecule has 0 bridgehead atoms. The second kappa shape index (κ2) is 3.16. The van der Waals surface area contributed by atoms with Gasteiger partial charge in [0.1, 0.15) is 0 Å². The summed E-state index contributed by atoms with van der Waals surface area (Å²) >= 11 is -3.08. The van der Waals surface area contributed by atoms with E-state index in [2.05, 4.69) is 2.03 Å². The van der Waals surface area contributed by atoms with Gasteiger partial charge in [-0.1, -0.05) is 0 Å². The maximum absolute atomic E-state index is 11.1. The van der Waals surface area contributed by atoms with E-state index in [1.807, 2.05) is 0 Å². The number of rotatable bonds is 2. The fourth-order valence-electron chi connectivity index (χ4n) is 0.0426. The Hall–Kier alpha value is 1.06. The van der Waals surface area contributed by atoms with Crippen LogP contribution in [0.2, 0.25) is 0 Å². The minimum absolute atomic E-state index is 3.08. The van der Waals surface area contributed by atoms with Gasteiger partial charge in [-0.3, -0.25) is 0 Å². The van der Waals surface area contributed by atoms with Gasteiger partial charge < -0.3 is 0 Å². The summed E-state index contributed by atoms with van der Waals surface area (Å²) in [4.78, 5) is 7.50. The van der Waals surface area contributed by atoms with E-state index in [0.29, 0.717) is 0 Å². The third-order valence-electron chi connectivity index (χ3n) is 0.147. The van der Waals surface area contributed by atoms with E-state index in [4.69, 9.17) is 4.89 Å². The van der Waals surface area contributed by atoms with Crippen molar-refractivity contribution in [2.75, 3.05) is 0 Å². The molecule has 7 heavy (non-hydrogen) atoms. The normalized spacial score (nSPS) is 17.6. The summed E-state index contributed by atoms with van der Waals surface area (Å²) in [6, 6.07) is 0. The maximum atomic E-state index is 11.1.